The maximum Gasteiger partial charge on any atom is 0.411 e. The van der Waals surface area contributed by atoms with Crippen LogP contribution in [0.3, 0.4) is 0 Å². The van der Waals surface area contributed by atoms with Gasteiger partial charge < -0.3 is 15.0 Å². The number of benzene rings is 3. The number of imidazole rings is 1. The van der Waals surface area contributed by atoms with E-state index in [0.717, 1.165) is 27.8 Å². The number of H-pyrrole nitrogens is 2. The highest BCUT2D eigenvalue weighted by atomic mass is 35.5. The molecule has 0 aliphatic rings. The molecule has 2 amide bonds. The van der Waals surface area contributed by atoms with E-state index in [1.807, 2.05) is 67.6 Å². The van der Waals surface area contributed by atoms with E-state index in [2.05, 4.69) is 41.0 Å². The van der Waals surface area contributed by atoms with Crippen molar-refractivity contribution < 1.29 is 14.3 Å². The van der Waals surface area contributed by atoms with Crippen molar-refractivity contribution in [1.82, 2.24) is 35.9 Å². The molecule has 2 aromatic heterocycles. The van der Waals surface area contributed by atoms with Gasteiger partial charge in [-0.05, 0) is 41.8 Å². The number of carbonyl (C=O) groups is 2. The molecule has 0 saturated heterocycles. The average molecular weight is 585 g/mol. The predicted molar refractivity (Wildman–Crippen MR) is 159 cm³/mol. The number of hydrogen-bond acceptors (Lipinski definition) is 7. The number of hydrogen-bond donors (Lipinski definition) is 4. The van der Waals surface area contributed by atoms with Crippen LogP contribution in [0, 0.1) is 6.92 Å². The molecule has 0 unspecified atom stereocenters. The van der Waals surface area contributed by atoms with Gasteiger partial charge in [0.05, 0.1) is 13.2 Å². The van der Waals surface area contributed by atoms with Gasteiger partial charge in [0.1, 0.15) is 16.7 Å². The minimum Gasteiger partial charge on any atom is -0.453 e. The van der Waals surface area contributed by atoms with Crippen LogP contribution in [-0.4, -0.2) is 49.7 Å². The molecule has 11 nitrogen and oxygen atoms in total. The zero-order valence-electron chi connectivity index (χ0n) is 23.0. The van der Waals surface area contributed by atoms with E-state index in [1.165, 1.54) is 7.11 Å². The number of aromatic nitrogens is 6. The van der Waals surface area contributed by atoms with Gasteiger partial charge in [-0.25, -0.2) is 9.78 Å². The molecule has 1 atom stereocenters. The van der Waals surface area contributed by atoms with Crippen molar-refractivity contribution in [2.24, 2.45) is 0 Å². The maximum atomic E-state index is 13.2. The number of carbonyl (C=O) groups excluding carboxylic acids is 2. The van der Waals surface area contributed by atoms with E-state index in [0.29, 0.717) is 41.0 Å². The molecular formula is C30H29ClN8O3. The highest BCUT2D eigenvalue weighted by Crippen LogP contribution is 2.29. The van der Waals surface area contributed by atoms with E-state index < -0.39 is 6.09 Å². The van der Waals surface area contributed by atoms with E-state index in [4.69, 9.17) is 16.6 Å². The average Bonchev–Trinajstić information content (AvgIpc) is 3.66. The van der Waals surface area contributed by atoms with Gasteiger partial charge in [0.25, 0.3) is 0 Å². The SMILES string of the molecule is COC(=O)Nc1ccc(-c2nc(C[C@H](NC(=O)CCc3cc(C)ccc3-c3nn[nH]n3)c3ccccc3)[nH]c2Cl)cc1. The first-order valence-corrected chi connectivity index (χ1v) is 13.6. The summed E-state index contributed by atoms with van der Waals surface area (Å²) in [5.74, 6) is 1.02. The van der Waals surface area contributed by atoms with E-state index in [-0.39, 0.29) is 18.4 Å². The zero-order chi connectivity index (χ0) is 29.5. The fraction of sp³-hybridized carbons (Fsp3) is 0.200. The Morgan fingerprint density at radius 3 is 2.55 bits per heavy atom. The van der Waals surface area contributed by atoms with E-state index >= 15 is 0 Å². The lowest BCUT2D eigenvalue weighted by Crippen LogP contribution is -2.30. The molecule has 5 aromatic rings. The number of methoxy groups -OCH3 is 1. The van der Waals surface area contributed by atoms with Gasteiger partial charge in [0, 0.05) is 29.7 Å². The third kappa shape index (κ3) is 6.99. The largest absolute Gasteiger partial charge is 0.453 e. The highest BCUT2D eigenvalue weighted by molar-refractivity contribution is 6.31. The smallest absolute Gasteiger partial charge is 0.411 e. The van der Waals surface area contributed by atoms with Gasteiger partial charge in [-0.2, -0.15) is 5.21 Å². The van der Waals surface area contributed by atoms with Gasteiger partial charge in [-0.3, -0.25) is 10.1 Å². The molecule has 0 aliphatic heterocycles. The number of amides is 2. The Kier molecular flexibility index (Phi) is 8.88. The van der Waals surface area contributed by atoms with Crippen LogP contribution in [0.25, 0.3) is 22.6 Å². The van der Waals surface area contributed by atoms with Crippen LogP contribution in [-0.2, 0) is 22.4 Å². The Bertz CT molecular complexity index is 1650. The molecule has 3 aromatic carbocycles. The Labute approximate surface area is 247 Å². The third-order valence-corrected chi connectivity index (χ3v) is 6.98. The predicted octanol–water partition coefficient (Wildman–Crippen LogP) is 5.43. The summed E-state index contributed by atoms with van der Waals surface area (Å²) in [6.45, 7) is 2.01. The number of anilines is 1. The fourth-order valence-corrected chi connectivity index (χ4v) is 4.90. The van der Waals surface area contributed by atoms with Crippen LogP contribution in [0.5, 0.6) is 0 Å². The van der Waals surface area contributed by atoms with Crippen LogP contribution in [0.1, 0.15) is 35.0 Å². The topological polar surface area (TPSA) is 151 Å². The second-order valence-corrected chi connectivity index (χ2v) is 10.0. The Balaban J connectivity index is 1.30. The van der Waals surface area contributed by atoms with Crippen molar-refractivity contribution in [2.45, 2.75) is 32.2 Å². The molecule has 0 radical (unpaired) electrons. The van der Waals surface area contributed by atoms with Crippen LogP contribution in [0.15, 0.2) is 72.8 Å². The molecule has 4 N–H and O–H groups in total. The first kappa shape index (κ1) is 28.5. The number of nitrogens with zero attached hydrogens (tertiary/aromatic N) is 4. The van der Waals surface area contributed by atoms with Gasteiger partial charge >= 0.3 is 6.09 Å². The number of rotatable bonds is 10. The summed E-state index contributed by atoms with van der Waals surface area (Å²) >= 11 is 6.54. The minimum absolute atomic E-state index is 0.101. The minimum atomic E-state index is -0.553. The van der Waals surface area contributed by atoms with Crippen LogP contribution >= 0.6 is 11.6 Å². The molecule has 0 aliphatic carbocycles. The van der Waals surface area contributed by atoms with Crippen molar-refractivity contribution >= 4 is 29.3 Å². The first-order chi connectivity index (χ1) is 20.4. The molecule has 214 valence electrons. The van der Waals surface area contributed by atoms with Crippen LogP contribution in [0.4, 0.5) is 10.5 Å². The highest BCUT2D eigenvalue weighted by Gasteiger charge is 2.20. The van der Waals surface area contributed by atoms with E-state index in [1.54, 1.807) is 12.1 Å². The molecule has 0 saturated carbocycles. The number of tetrazole rings is 1. The summed E-state index contributed by atoms with van der Waals surface area (Å²) < 4.78 is 4.63. The van der Waals surface area contributed by atoms with E-state index in [9.17, 15) is 9.59 Å². The molecule has 5 rings (SSSR count). The van der Waals surface area contributed by atoms with Gasteiger partial charge in [0.15, 0.2) is 0 Å². The summed E-state index contributed by atoms with van der Waals surface area (Å²) in [4.78, 5) is 32.6. The second kappa shape index (κ2) is 13.1. The summed E-state index contributed by atoms with van der Waals surface area (Å²) in [5.41, 5.74) is 5.77. The number of aromatic amines is 2. The Morgan fingerprint density at radius 1 is 1.05 bits per heavy atom. The van der Waals surface area contributed by atoms with Gasteiger partial charge in [0.2, 0.25) is 11.7 Å². The fourth-order valence-electron chi connectivity index (χ4n) is 4.64. The van der Waals surface area contributed by atoms with Crippen LogP contribution in [0.2, 0.25) is 5.15 Å². The molecule has 42 heavy (non-hydrogen) atoms. The molecule has 12 heteroatoms. The van der Waals surface area contributed by atoms with Crippen molar-refractivity contribution in [3.05, 3.63) is 100 Å². The Hall–Kier alpha value is -5.03. The quantitative estimate of drug-likeness (QED) is 0.171. The number of halogens is 1. The molecular weight excluding hydrogens is 556 g/mol. The third-order valence-electron chi connectivity index (χ3n) is 6.70. The molecule has 0 spiro atoms. The normalized spacial score (nSPS) is 11.6. The Morgan fingerprint density at radius 2 is 1.83 bits per heavy atom. The number of nitrogens with one attached hydrogen (secondary N) is 4. The maximum absolute atomic E-state index is 13.2. The monoisotopic (exact) mass is 584 g/mol. The van der Waals surface area contributed by atoms with Gasteiger partial charge in [-0.1, -0.05) is 77.8 Å². The van der Waals surface area contributed by atoms with Crippen molar-refractivity contribution in [2.75, 3.05) is 12.4 Å². The lowest BCUT2D eigenvalue weighted by Gasteiger charge is -2.19. The number of ether oxygens (including phenoxy) is 1. The first-order valence-electron chi connectivity index (χ1n) is 13.3. The van der Waals surface area contributed by atoms with Crippen LogP contribution < -0.4 is 10.6 Å². The second-order valence-electron chi connectivity index (χ2n) is 9.67. The summed E-state index contributed by atoms with van der Waals surface area (Å²) in [5, 5.41) is 20.5. The number of aryl methyl sites for hydroxylation is 2. The van der Waals surface area contributed by atoms with Gasteiger partial charge in [-0.15, -0.1) is 10.2 Å². The summed E-state index contributed by atoms with van der Waals surface area (Å²) in [6.07, 6.45) is 0.628. The van der Waals surface area contributed by atoms with Crippen molar-refractivity contribution in [1.29, 1.82) is 0 Å². The standard InChI is InChI=1S/C30H29ClN8O3/c1-18-8-14-23(29-36-38-39-37-29)21(16-18)11-15-26(40)33-24(19-6-4-3-5-7-19)17-25-34-27(28(31)35-25)20-9-12-22(13-10-20)32-30(41)42-2/h3-10,12-14,16,24H,11,15,17H2,1-2H3,(H,32,41)(H,33,40)(H,34,35)(H,36,37,38,39)/t24-/m0/s1. The summed E-state index contributed by atoms with van der Waals surface area (Å²) in [6, 6.07) is 22.5. The lowest BCUT2D eigenvalue weighted by molar-refractivity contribution is -0.121. The molecule has 0 bridgehead atoms. The van der Waals surface area contributed by atoms with Crippen molar-refractivity contribution in [3.8, 4) is 22.6 Å². The zero-order valence-corrected chi connectivity index (χ0v) is 23.8. The molecule has 2 heterocycles. The van der Waals surface area contributed by atoms with Crippen molar-refractivity contribution in [3.63, 3.8) is 0 Å². The molecule has 0 fully saturated rings. The summed E-state index contributed by atoms with van der Waals surface area (Å²) in [7, 11) is 1.30. The lowest BCUT2D eigenvalue weighted by atomic mass is 9.99.